The second-order valence-electron chi connectivity index (χ2n) is 7.97. The minimum atomic E-state index is -0.578. The lowest BCUT2D eigenvalue weighted by molar-refractivity contribution is 0.0457. The lowest BCUT2D eigenvalue weighted by Crippen LogP contribution is -2.59. The Balaban J connectivity index is 1.84. The largest absolute Gasteiger partial charge is 0.490 e. The van der Waals surface area contributed by atoms with E-state index in [9.17, 15) is 8.78 Å². The van der Waals surface area contributed by atoms with Crippen molar-refractivity contribution in [2.45, 2.75) is 36.6 Å². The number of hydrogen-bond donors (Lipinski definition) is 2. The summed E-state index contributed by atoms with van der Waals surface area (Å²) in [5, 5.41) is 0.644. The highest BCUT2D eigenvalue weighted by Gasteiger charge is 2.53. The monoisotopic (exact) mass is 392 g/mol. The number of nitrogens with two attached hydrogens (primary N) is 2. The Morgan fingerprint density at radius 1 is 1.07 bits per heavy atom. The van der Waals surface area contributed by atoms with Gasteiger partial charge >= 0.3 is 0 Å². The second kappa shape index (κ2) is 6.73. The van der Waals surface area contributed by atoms with Crippen LogP contribution in [0.4, 0.5) is 8.78 Å². The Kier molecular flexibility index (Phi) is 4.65. The Morgan fingerprint density at radius 3 is 2.48 bits per heavy atom. The molecule has 4 N–H and O–H groups in total. The van der Waals surface area contributed by atoms with Crippen LogP contribution in [0.5, 0.6) is 5.75 Å². The van der Waals surface area contributed by atoms with Gasteiger partial charge in [0.05, 0.1) is 6.61 Å². The van der Waals surface area contributed by atoms with Gasteiger partial charge in [0, 0.05) is 34.0 Å². The number of rotatable bonds is 3. The third-order valence-electron chi connectivity index (χ3n) is 6.33. The average Bonchev–Trinajstić information content (AvgIpc) is 2.66. The molecule has 1 aliphatic heterocycles. The first-order chi connectivity index (χ1) is 12.9. The zero-order chi connectivity index (χ0) is 19.2. The standard InChI is InChI=1S/C21H23ClF2N2O/c22-15-3-1-13(2-4-15)9-21-8-7-20(26,12-25)10-14(21)11-27-19-17(24)6-5-16(23)18(19)21/h1-6,14H,7-12,25-26H2/t14-,20+,21+/m0/s1. The van der Waals surface area contributed by atoms with Crippen molar-refractivity contribution in [3.05, 3.63) is 64.2 Å². The maximum atomic E-state index is 15.0. The van der Waals surface area contributed by atoms with Crippen LogP contribution in [0.25, 0.3) is 0 Å². The van der Waals surface area contributed by atoms with E-state index in [2.05, 4.69) is 0 Å². The van der Waals surface area contributed by atoms with Crippen LogP contribution in [-0.2, 0) is 11.8 Å². The van der Waals surface area contributed by atoms with Crippen molar-refractivity contribution in [1.29, 1.82) is 0 Å². The van der Waals surface area contributed by atoms with Gasteiger partial charge in [-0.25, -0.2) is 8.78 Å². The topological polar surface area (TPSA) is 61.3 Å². The van der Waals surface area contributed by atoms with Crippen LogP contribution in [0.15, 0.2) is 36.4 Å². The van der Waals surface area contributed by atoms with Crippen molar-refractivity contribution < 1.29 is 13.5 Å². The molecule has 1 aliphatic carbocycles. The Hall–Kier alpha value is -1.69. The first-order valence-corrected chi connectivity index (χ1v) is 9.59. The molecule has 0 spiro atoms. The molecule has 27 heavy (non-hydrogen) atoms. The first-order valence-electron chi connectivity index (χ1n) is 9.22. The third-order valence-corrected chi connectivity index (χ3v) is 6.58. The highest BCUT2D eigenvalue weighted by molar-refractivity contribution is 6.30. The molecule has 2 aliphatic rings. The van der Waals surface area contributed by atoms with Gasteiger partial charge < -0.3 is 16.2 Å². The van der Waals surface area contributed by atoms with Crippen molar-refractivity contribution >= 4 is 11.6 Å². The van der Waals surface area contributed by atoms with E-state index < -0.39 is 22.6 Å². The molecule has 0 unspecified atom stereocenters. The summed E-state index contributed by atoms with van der Waals surface area (Å²) in [4.78, 5) is 0. The van der Waals surface area contributed by atoms with Crippen LogP contribution in [0, 0.1) is 17.6 Å². The van der Waals surface area contributed by atoms with Crippen molar-refractivity contribution in [2.24, 2.45) is 17.4 Å². The SMILES string of the molecule is NC[C@@]1(N)CC[C@]2(Cc3ccc(Cl)cc3)c3c(F)ccc(F)c3OC[C@@H]2C1. The van der Waals surface area contributed by atoms with Gasteiger partial charge in [-0.15, -0.1) is 0 Å². The molecule has 144 valence electrons. The molecule has 0 radical (unpaired) electrons. The van der Waals surface area contributed by atoms with Gasteiger partial charge in [-0.1, -0.05) is 23.7 Å². The van der Waals surface area contributed by atoms with Gasteiger partial charge in [0.15, 0.2) is 11.6 Å². The van der Waals surface area contributed by atoms with Crippen LogP contribution < -0.4 is 16.2 Å². The Bertz CT molecular complexity index is 860. The zero-order valence-electron chi connectivity index (χ0n) is 15.0. The number of hydrogen-bond acceptors (Lipinski definition) is 3. The summed E-state index contributed by atoms with van der Waals surface area (Å²) in [5.74, 6) is -0.956. The maximum absolute atomic E-state index is 15.0. The summed E-state index contributed by atoms with van der Waals surface area (Å²) >= 11 is 6.01. The molecule has 3 nitrogen and oxygen atoms in total. The summed E-state index contributed by atoms with van der Waals surface area (Å²) in [6.45, 7) is 0.666. The van der Waals surface area contributed by atoms with E-state index >= 15 is 0 Å². The fourth-order valence-corrected chi connectivity index (χ4v) is 4.93. The van der Waals surface area contributed by atoms with Gasteiger partial charge in [-0.05, 0) is 55.5 Å². The summed E-state index contributed by atoms with van der Waals surface area (Å²) in [5.41, 5.74) is 12.7. The number of benzene rings is 2. The summed E-state index contributed by atoms with van der Waals surface area (Å²) in [7, 11) is 0. The van der Waals surface area contributed by atoms with E-state index in [0.717, 1.165) is 11.6 Å². The van der Waals surface area contributed by atoms with Gasteiger partial charge in [-0.3, -0.25) is 0 Å². The molecule has 0 amide bonds. The summed E-state index contributed by atoms with van der Waals surface area (Å²) in [6, 6.07) is 9.83. The molecule has 3 atom stereocenters. The predicted molar refractivity (Wildman–Crippen MR) is 102 cm³/mol. The maximum Gasteiger partial charge on any atom is 0.165 e. The third kappa shape index (κ3) is 3.12. The van der Waals surface area contributed by atoms with E-state index in [4.69, 9.17) is 27.8 Å². The molecule has 6 heteroatoms. The van der Waals surface area contributed by atoms with Gasteiger partial charge in [0.25, 0.3) is 0 Å². The van der Waals surface area contributed by atoms with Gasteiger partial charge in [-0.2, -0.15) is 0 Å². The smallest absolute Gasteiger partial charge is 0.165 e. The van der Waals surface area contributed by atoms with Crippen LogP contribution >= 0.6 is 11.6 Å². The minimum absolute atomic E-state index is 0.0393. The Morgan fingerprint density at radius 2 is 1.78 bits per heavy atom. The molecule has 0 saturated heterocycles. The van der Waals surface area contributed by atoms with Crippen LogP contribution in [0.1, 0.15) is 30.4 Å². The quantitative estimate of drug-likeness (QED) is 0.831. The van der Waals surface area contributed by atoms with Crippen molar-refractivity contribution in [2.75, 3.05) is 13.2 Å². The van der Waals surface area contributed by atoms with Crippen LogP contribution in [0.3, 0.4) is 0 Å². The lowest BCUT2D eigenvalue weighted by Gasteiger charge is -2.53. The predicted octanol–water partition coefficient (Wildman–Crippen LogP) is 3.95. The van der Waals surface area contributed by atoms with Gasteiger partial charge in [0.1, 0.15) is 5.82 Å². The van der Waals surface area contributed by atoms with E-state index in [0.29, 0.717) is 49.4 Å². The first kappa shape index (κ1) is 18.7. The lowest BCUT2D eigenvalue weighted by atomic mass is 9.55. The fraction of sp³-hybridized carbons (Fsp3) is 0.429. The minimum Gasteiger partial charge on any atom is -0.490 e. The van der Waals surface area contributed by atoms with Crippen molar-refractivity contribution in [3.8, 4) is 5.75 Å². The zero-order valence-corrected chi connectivity index (χ0v) is 15.7. The molecule has 1 saturated carbocycles. The van der Waals surface area contributed by atoms with E-state index in [1.165, 1.54) is 6.07 Å². The molecule has 2 aromatic carbocycles. The van der Waals surface area contributed by atoms with Crippen molar-refractivity contribution in [1.82, 2.24) is 0 Å². The summed E-state index contributed by atoms with van der Waals surface area (Å²) < 4.78 is 35.1. The summed E-state index contributed by atoms with van der Waals surface area (Å²) in [6.07, 6.45) is 2.48. The van der Waals surface area contributed by atoms with Crippen molar-refractivity contribution in [3.63, 3.8) is 0 Å². The molecule has 0 aromatic heterocycles. The van der Waals surface area contributed by atoms with E-state index in [-0.39, 0.29) is 11.7 Å². The molecule has 0 bridgehead atoms. The number of ether oxygens (including phenoxy) is 1. The molecule has 1 fully saturated rings. The highest BCUT2D eigenvalue weighted by atomic mass is 35.5. The molecular weight excluding hydrogens is 370 g/mol. The average molecular weight is 393 g/mol. The number of halogens is 3. The molecule has 1 heterocycles. The van der Waals surface area contributed by atoms with E-state index in [1.54, 1.807) is 0 Å². The van der Waals surface area contributed by atoms with Gasteiger partial charge in [0.2, 0.25) is 0 Å². The Labute approximate surface area is 162 Å². The normalized spacial score (nSPS) is 29.6. The molecule has 4 rings (SSSR count). The molecule has 2 aromatic rings. The second-order valence-corrected chi connectivity index (χ2v) is 8.41. The molecular formula is C21H23ClF2N2O. The van der Waals surface area contributed by atoms with Crippen LogP contribution in [-0.4, -0.2) is 18.7 Å². The highest BCUT2D eigenvalue weighted by Crippen LogP contribution is 2.54. The number of fused-ring (bicyclic) bond motifs is 3. The van der Waals surface area contributed by atoms with Crippen LogP contribution in [0.2, 0.25) is 5.02 Å². The fourth-order valence-electron chi connectivity index (χ4n) is 4.81. The van der Waals surface area contributed by atoms with E-state index in [1.807, 2.05) is 24.3 Å².